The third kappa shape index (κ3) is 2.12. The summed E-state index contributed by atoms with van der Waals surface area (Å²) >= 11 is 5.29. The molecule has 80 valence electrons. The van der Waals surface area contributed by atoms with E-state index < -0.39 is 11.1 Å². The maximum Gasteiger partial charge on any atom is 0.255 e. The van der Waals surface area contributed by atoms with Gasteiger partial charge in [-0.25, -0.2) is 4.39 Å². The summed E-state index contributed by atoms with van der Waals surface area (Å²) in [5, 5.41) is -0.782. The third-order valence-electron chi connectivity index (χ3n) is 2.29. The minimum absolute atomic E-state index is 0.0944. The van der Waals surface area contributed by atoms with E-state index in [1.165, 1.54) is 12.1 Å². The first-order chi connectivity index (χ1) is 7.68. The molecule has 3 heteroatoms. The second-order valence-corrected chi connectivity index (χ2v) is 3.68. The van der Waals surface area contributed by atoms with E-state index in [-0.39, 0.29) is 5.56 Å². The van der Waals surface area contributed by atoms with E-state index in [1.807, 2.05) is 30.3 Å². The Hall–Kier alpha value is -1.67. The summed E-state index contributed by atoms with van der Waals surface area (Å²) in [6, 6.07) is 13.7. The Kier molecular flexibility index (Phi) is 3.02. The number of hydrogen-bond donors (Lipinski definition) is 0. The maximum absolute atomic E-state index is 13.2. The molecule has 0 amide bonds. The van der Waals surface area contributed by atoms with Crippen LogP contribution in [0.2, 0.25) is 0 Å². The lowest BCUT2D eigenvalue weighted by molar-refractivity contribution is 0.107. The van der Waals surface area contributed by atoms with Crippen LogP contribution in [-0.2, 0) is 0 Å². The van der Waals surface area contributed by atoms with Gasteiger partial charge in [0.1, 0.15) is 5.82 Å². The van der Waals surface area contributed by atoms with Crippen molar-refractivity contribution in [2.45, 2.75) is 0 Å². The number of benzene rings is 2. The second-order valence-electron chi connectivity index (χ2n) is 3.33. The monoisotopic (exact) mass is 234 g/mol. The van der Waals surface area contributed by atoms with Gasteiger partial charge in [0.25, 0.3) is 5.24 Å². The highest BCUT2D eigenvalue weighted by Gasteiger charge is 2.10. The summed E-state index contributed by atoms with van der Waals surface area (Å²) in [5.41, 5.74) is 1.59. The maximum atomic E-state index is 13.2. The van der Waals surface area contributed by atoms with Crippen molar-refractivity contribution in [3.05, 3.63) is 59.9 Å². The molecule has 0 atom stereocenters. The van der Waals surface area contributed by atoms with Gasteiger partial charge in [0, 0.05) is 0 Å². The van der Waals surface area contributed by atoms with Gasteiger partial charge in [-0.1, -0.05) is 36.4 Å². The van der Waals surface area contributed by atoms with Crippen molar-refractivity contribution >= 4 is 16.8 Å². The van der Waals surface area contributed by atoms with Crippen molar-refractivity contribution in [3.63, 3.8) is 0 Å². The van der Waals surface area contributed by atoms with Crippen LogP contribution in [0.15, 0.2) is 48.5 Å². The van der Waals surface area contributed by atoms with Gasteiger partial charge in [0.15, 0.2) is 0 Å². The molecular weight excluding hydrogens is 227 g/mol. The van der Waals surface area contributed by atoms with Gasteiger partial charge in [-0.3, -0.25) is 4.79 Å². The Bertz CT molecular complexity index is 523. The van der Waals surface area contributed by atoms with E-state index in [0.29, 0.717) is 0 Å². The van der Waals surface area contributed by atoms with E-state index in [4.69, 9.17) is 11.6 Å². The number of carbonyl (C=O) groups excluding carboxylic acids is 1. The van der Waals surface area contributed by atoms with Gasteiger partial charge in [0.05, 0.1) is 5.56 Å². The zero-order valence-electron chi connectivity index (χ0n) is 8.28. The predicted molar refractivity (Wildman–Crippen MR) is 62.0 cm³/mol. The molecule has 0 aromatic heterocycles. The van der Waals surface area contributed by atoms with Crippen LogP contribution in [0.25, 0.3) is 11.1 Å². The molecule has 0 fully saturated rings. The second kappa shape index (κ2) is 4.45. The molecule has 0 spiro atoms. The Balaban J connectivity index is 2.52. The molecule has 0 saturated heterocycles. The number of hydrogen-bond acceptors (Lipinski definition) is 1. The molecule has 0 N–H and O–H groups in total. The quantitative estimate of drug-likeness (QED) is 0.721. The van der Waals surface area contributed by atoms with Crippen molar-refractivity contribution in [1.29, 1.82) is 0 Å². The topological polar surface area (TPSA) is 17.1 Å². The third-order valence-corrected chi connectivity index (χ3v) is 2.49. The van der Waals surface area contributed by atoms with Gasteiger partial charge in [-0.15, -0.1) is 0 Å². The largest absolute Gasteiger partial charge is 0.275 e. The average Bonchev–Trinajstić information content (AvgIpc) is 2.30. The zero-order valence-corrected chi connectivity index (χ0v) is 9.04. The van der Waals surface area contributed by atoms with Crippen molar-refractivity contribution in [2.24, 2.45) is 0 Å². The lowest BCUT2D eigenvalue weighted by Crippen LogP contribution is -1.94. The summed E-state index contributed by atoms with van der Waals surface area (Å²) in [7, 11) is 0. The summed E-state index contributed by atoms with van der Waals surface area (Å²) < 4.78 is 13.2. The minimum Gasteiger partial charge on any atom is -0.275 e. The minimum atomic E-state index is -0.782. The highest BCUT2D eigenvalue weighted by atomic mass is 35.5. The summed E-state index contributed by atoms with van der Waals surface area (Å²) in [5.74, 6) is -0.598. The first kappa shape index (κ1) is 10.8. The van der Waals surface area contributed by atoms with Crippen molar-refractivity contribution in [1.82, 2.24) is 0 Å². The molecule has 0 bridgehead atoms. The number of rotatable bonds is 2. The molecule has 2 aromatic rings. The molecule has 0 aliphatic rings. The van der Waals surface area contributed by atoms with E-state index in [2.05, 4.69) is 0 Å². The standard InChI is InChI=1S/C13H8ClFO/c14-13(16)11-8-10(6-7-12(11)15)9-4-2-1-3-5-9/h1-8H. The van der Waals surface area contributed by atoms with Gasteiger partial charge in [-0.05, 0) is 34.9 Å². The van der Waals surface area contributed by atoms with Crippen LogP contribution < -0.4 is 0 Å². The molecule has 0 aliphatic carbocycles. The molecule has 0 heterocycles. The van der Waals surface area contributed by atoms with Crippen molar-refractivity contribution < 1.29 is 9.18 Å². The van der Waals surface area contributed by atoms with E-state index in [9.17, 15) is 9.18 Å². The predicted octanol–water partition coefficient (Wildman–Crippen LogP) is 3.87. The van der Waals surface area contributed by atoms with Gasteiger partial charge in [0.2, 0.25) is 0 Å². The molecule has 2 aromatic carbocycles. The molecule has 1 nitrogen and oxygen atoms in total. The smallest absolute Gasteiger partial charge is 0.255 e. The van der Waals surface area contributed by atoms with Crippen LogP contribution in [0.4, 0.5) is 4.39 Å². The number of halogens is 2. The number of carbonyl (C=O) groups is 1. The highest BCUT2D eigenvalue weighted by Crippen LogP contribution is 2.22. The van der Waals surface area contributed by atoms with Crippen molar-refractivity contribution in [2.75, 3.05) is 0 Å². The molecule has 0 radical (unpaired) electrons. The molecule has 2 rings (SSSR count). The van der Waals surface area contributed by atoms with Crippen LogP contribution in [0.5, 0.6) is 0 Å². The Labute approximate surface area is 97.5 Å². The van der Waals surface area contributed by atoms with Crippen LogP contribution in [0.1, 0.15) is 10.4 Å². The lowest BCUT2D eigenvalue weighted by Gasteiger charge is -2.03. The molecule has 0 aliphatic heterocycles. The molecule has 0 unspecified atom stereocenters. The van der Waals surface area contributed by atoms with E-state index in [1.54, 1.807) is 6.07 Å². The Morgan fingerprint density at radius 2 is 1.69 bits per heavy atom. The zero-order chi connectivity index (χ0) is 11.5. The first-order valence-corrected chi connectivity index (χ1v) is 5.11. The van der Waals surface area contributed by atoms with Crippen molar-refractivity contribution in [3.8, 4) is 11.1 Å². The fourth-order valence-electron chi connectivity index (χ4n) is 1.49. The molecular formula is C13H8ClFO. The van der Waals surface area contributed by atoms with E-state index >= 15 is 0 Å². The van der Waals surface area contributed by atoms with E-state index in [0.717, 1.165) is 11.1 Å². The SMILES string of the molecule is O=C(Cl)c1cc(-c2ccccc2)ccc1F. The molecule has 16 heavy (non-hydrogen) atoms. The van der Waals surface area contributed by atoms with Gasteiger partial charge >= 0.3 is 0 Å². The van der Waals surface area contributed by atoms with Crippen LogP contribution in [0.3, 0.4) is 0 Å². The van der Waals surface area contributed by atoms with Crippen LogP contribution >= 0.6 is 11.6 Å². The normalized spacial score (nSPS) is 10.1. The summed E-state index contributed by atoms with van der Waals surface area (Å²) in [6.07, 6.45) is 0. The van der Waals surface area contributed by atoms with Crippen LogP contribution in [0, 0.1) is 5.82 Å². The fourth-order valence-corrected chi connectivity index (χ4v) is 1.63. The molecule has 0 saturated carbocycles. The summed E-state index contributed by atoms with van der Waals surface area (Å²) in [6.45, 7) is 0. The fraction of sp³-hybridized carbons (Fsp3) is 0. The summed E-state index contributed by atoms with van der Waals surface area (Å²) in [4.78, 5) is 11.0. The Morgan fingerprint density at radius 3 is 2.31 bits per heavy atom. The van der Waals surface area contributed by atoms with Gasteiger partial charge in [-0.2, -0.15) is 0 Å². The van der Waals surface area contributed by atoms with Gasteiger partial charge < -0.3 is 0 Å². The Morgan fingerprint density at radius 1 is 1.00 bits per heavy atom. The highest BCUT2D eigenvalue weighted by molar-refractivity contribution is 6.67. The lowest BCUT2D eigenvalue weighted by atomic mass is 10.0. The average molecular weight is 235 g/mol. The first-order valence-electron chi connectivity index (χ1n) is 4.73. The van der Waals surface area contributed by atoms with Crippen LogP contribution in [-0.4, -0.2) is 5.24 Å².